The van der Waals surface area contributed by atoms with Crippen LogP contribution in [-0.4, -0.2) is 134 Å². The van der Waals surface area contributed by atoms with Gasteiger partial charge in [0.2, 0.25) is 0 Å². The molecule has 1 fully saturated rings. The molecule has 0 aromatic carbocycles. The van der Waals surface area contributed by atoms with Gasteiger partial charge in [-0.1, -0.05) is 0 Å². The van der Waals surface area contributed by atoms with E-state index >= 15 is 0 Å². The molecule has 1 N–H and O–H groups in total. The zero-order chi connectivity index (χ0) is 27.0. The Balaban J connectivity index is 2.62. The molecule has 0 amide bonds. The van der Waals surface area contributed by atoms with Gasteiger partial charge < -0.3 is 51.9 Å². The summed E-state index contributed by atoms with van der Waals surface area (Å²) in [5.41, 5.74) is 0.139. The number of hydrogen-bond acceptors (Lipinski definition) is 11. The Hall–Kier alpha value is -0.223. The summed E-state index contributed by atoms with van der Waals surface area (Å²) in [5, 5.41) is 10.9. The summed E-state index contributed by atoms with van der Waals surface area (Å²) in [6, 6.07) is 0. The molecule has 0 aromatic heterocycles. The number of rotatable bonds is 26. The summed E-state index contributed by atoms with van der Waals surface area (Å²) >= 11 is 0. The highest BCUT2D eigenvalue weighted by atomic mass is 28.3. The highest BCUT2D eigenvalue weighted by Crippen LogP contribution is 2.40. The molecule has 12 heteroatoms. The molecule has 37 heavy (non-hydrogen) atoms. The fourth-order valence-electron chi connectivity index (χ4n) is 4.12. The van der Waals surface area contributed by atoms with Crippen molar-refractivity contribution in [1.82, 2.24) is 0 Å². The van der Waals surface area contributed by atoms with Crippen molar-refractivity contribution in [2.45, 2.75) is 43.9 Å². The Morgan fingerprint density at radius 1 is 0.676 bits per heavy atom. The van der Waals surface area contributed by atoms with Crippen molar-refractivity contribution in [2.24, 2.45) is 5.92 Å². The van der Waals surface area contributed by atoms with Crippen LogP contribution in [0.4, 0.5) is 0 Å². The van der Waals surface area contributed by atoms with Gasteiger partial charge in [-0.2, -0.15) is 0 Å². The zero-order valence-electron chi connectivity index (χ0n) is 23.5. The summed E-state index contributed by atoms with van der Waals surface area (Å²) in [6.45, 7) is 9.05. The van der Waals surface area contributed by atoms with Gasteiger partial charge in [-0.15, -0.1) is 0 Å². The Kier molecular flexibility index (Phi) is 22.2. The minimum atomic E-state index is -2.15. The summed E-state index contributed by atoms with van der Waals surface area (Å²) in [4.78, 5) is 0. The molecule has 1 rings (SSSR count). The number of hydrogen-bond donors (Lipinski definition) is 1. The molecule has 0 spiro atoms. The molecule has 222 valence electrons. The van der Waals surface area contributed by atoms with Gasteiger partial charge in [0, 0.05) is 46.3 Å². The van der Waals surface area contributed by atoms with E-state index in [4.69, 9.17) is 46.7 Å². The van der Waals surface area contributed by atoms with Crippen LogP contribution in [0.2, 0.25) is 5.54 Å². The van der Waals surface area contributed by atoms with Crippen molar-refractivity contribution in [3.63, 3.8) is 0 Å². The van der Waals surface area contributed by atoms with Crippen molar-refractivity contribution in [1.29, 1.82) is 0 Å². The molecule has 1 saturated carbocycles. The van der Waals surface area contributed by atoms with E-state index in [2.05, 4.69) is 0 Å². The van der Waals surface area contributed by atoms with Gasteiger partial charge in [0.15, 0.2) is 5.79 Å². The summed E-state index contributed by atoms with van der Waals surface area (Å²) in [6.07, 6.45) is 2.73. The van der Waals surface area contributed by atoms with E-state index in [0.717, 1.165) is 12.8 Å². The molecular formula is C25H52O11Si. The maximum absolute atomic E-state index is 10.9. The third kappa shape index (κ3) is 17.2. The van der Waals surface area contributed by atoms with E-state index in [1.165, 1.54) is 0 Å². The second-order valence-corrected chi connectivity index (χ2v) is 11.1. The fourth-order valence-corrected chi connectivity index (χ4v) is 6.49. The van der Waals surface area contributed by atoms with Crippen molar-refractivity contribution in [2.75, 3.05) is 114 Å². The van der Waals surface area contributed by atoms with Crippen LogP contribution < -0.4 is 0 Å². The minimum absolute atomic E-state index is 0.139. The van der Waals surface area contributed by atoms with Crippen LogP contribution in [0.1, 0.15) is 32.6 Å². The highest BCUT2D eigenvalue weighted by molar-refractivity contribution is 6.46. The van der Waals surface area contributed by atoms with E-state index in [-0.39, 0.29) is 5.54 Å². The van der Waals surface area contributed by atoms with Crippen LogP contribution in [0.5, 0.6) is 0 Å². The predicted octanol–water partition coefficient (Wildman–Crippen LogP) is 1.53. The van der Waals surface area contributed by atoms with Crippen LogP contribution in [-0.2, 0) is 46.7 Å². The van der Waals surface area contributed by atoms with Gasteiger partial charge >= 0.3 is 9.28 Å². The molecule has 11 nitrogen and oxygen atoms in total. The van der Waals surface area contributed by atoms with Crippen molar-refractivity contribution in [3.05, 3.63) is 0 Å². The van der Waals surface area contributed by atoms with E-state index in [9.17, 15) is 5.11 Å². The van der Waals surface area contributed by atoms with Crippen LogP contribution in [0.3, 0.4) is 0 Å². The van der Waals surface area contributed by atoms with Crippen LogP contribution in [0, 0.1) is 5.92 Å². The average molecular weight is 557 g/mol. The maximum atomic E-state index is 10.9. The van der Waals surface area contributed by atoms with Gasteiger partial charge in [0.25, 0.3) is 0 Å². The lowest BCUT2D eigenvalue weighted by molar-refractivity contribution is -0.230. The molecule has 1 aliphatic carbocycles. The number of aliphatic hydroxyl groups is 1. The lowest BCUT2D eigenvalue weighted by Gasteiger charge is -2.40. The standard InChI is InChI=1S/C25H52O11Si/c1-5-30-22-24(23-6-8-25(26,9-7-23)34-19-16-31-13-10-27-2)37(35-20-17-32-14-11-28-3)36-21-18-33-15-12-29-4/h23-24,26,37H,5-22H2,1-4H3. The molecule has 1 atom stereocenters. The predicted molar refractivity (Wildman–Crippen MR) is 140 cm³/mol. The lowest BCUT2D eigenvalue weighted by Crippen LogP contribution is -2.43. The first kappa shape index (κ1) is 34.8. The first-order chi connectivity index (χ1) is 18.1. The Bertz CT molecular complexity index is 479. The molecule has 0 bridgehead atoms. The molecule has 0 aromatic rings. The van der Waals surface area contributed by atoms with Gasteiger partial charge in [-0.25, -0.2) is 0 Å². The molecule has 1 aliphatic rings. The topological polar surface area (TPSA) is 113 Å². The zero-order valence-corrected chi connectivity index (χ0v) is 24.6. The number of methoxy groups -OCH3 is 3. The van der Waals surface area contributed by atoms with Gasteiger partial charge in [0.05, 0.1) is 85.9 Å². The minimum Gasteiger partial charge on any atom is -0.394 e. The van der Waals surface area contributed by atoms with E-state index in [0.29, 0.717) is 111 Å². The first-order valence-electron chi connectivity index (χ1n) is 13.5. The van der Waals surface area contributed by atoms with E-state index in [1.54, 1.807) is 21.3 Å². The van der Waals surface area contributed by atoms with Gasteiger partial charge in [-0.3, -0.25) is 0 Å². The van der Waals surface area contributed by atoms with Crippen molar-refractivity contribution in [3.8, 4) is 0 Å². The summed E-state index contributed by atoms with van der Waals surface area (Å²) in [5.74, 6) is -0.811. The normalized spacial score (nSPS) is 21.1. The van der Waals surface area contributed by atoms with Crippen LogP contribution in [0.25, 0.3) is 0 Å². The molecule has 0 saturated heterocycles. The highest BCUT2D eigenvalue weighted by Gasteiger charge is 2.41. The lowest BCUT2D eigenvalue weighted by atomic mass is 9.83. The second kappa shape index (κ2) is 23.6. The van der Waals surface area contributed by atoms with Crippen LogP contribution >= 0.6 is 0 Å². The smallest absolute Gasteiger partial charge is 0.327 e. The third-order valence-electron chi connectivity index (χ3n) is 6.19. The maximum Gasteiger partial charge on any atom is 0.327 e. The molecule has 1 unspecified atom stereocenters. The molecule has 0 radical (unpaired) electrons. The van der Waals surface area contributed by atoms with Gasteiger partial charge in [0.1, 0.15) is 0 Å². The molecule has 0 heterocycles. The Morgan fingerprint density at radius 3 is 1.59 bits per heavy atom. The fraction of sp³-hybridized carbons (Fsp3) is 1.00. The SMILES string of the molecule is CCOCC(C1CCC(O)(OCCOCCOC)CC1)[SiH](OCCOCCOC)OCCOCCOC. The van der Waals surface area contributed by atoms with Crippen LogP contribution in [0.15, 0.2) is 0 Å². The quantitative estimate of drug-likeness (QED) is 0.0951. The van der Waals surface area contributed by atoms with E-state index in [1.807, 2.05) is 6.92 Å². The summed E-state index contributed by atoms with van der Waals surface area (Å²) in [7, 11) is 2.78. The van der Waals surface area contributed by atoms with Gasteiger partial charge in [-0.05, 0) is 25.7 Å². The number of ether oxygens (including phenoxy) is 8. The molecular weight excluding hydrogens is 504 g/mol. The van der Waals surface area contributed by atoms with Crippen molar-refractivity contribution >= 4 is 9.28 Å². The summed E-state index contributed by atoms with van der Waals surface area (Å²) < 4.78 is 55.9. The third-order valence-corrected chi connectivity index (χ3v) is 8.76. The second-order valence-electron chi connectivity index (χ2n) is 8.88. The first-order valence-corrected chi connectivity index (χ1v) is 15.1. The average Bonchev–Trinajstić information content (AvgIpc) is 2.90. The monoisotopic (exact) mass is 556 g/mol. The molecule has 0 aliphatic heterocycles. The van der Waals surface area contributed by atoms with Crippen molar-refractivity contribution < 1.29 is 51.9 Å². The largest absolute Gasteiger partial charge is 0.394 e. The van der Waals surface area contributed by atoms with E-state index < -0.39 is 15.1 Å². The Morgan fingerprint density at radius 2 is 1.14 bits per heavy atom. The Labute approximate surface area is 225 Å².